The van der Waals surface area contributed by atoms with E-state index in [0.29, 0.717) is 10.4 Å². The number of hydrogen-bond donors (Lipinski definition) is 1. The first-order valence-corrected chi connectivity index (χ1v) is 6.47. The van der Waals surface area contributed by atoms with Gasteiger partial charge in [-0.05, 0) is 23.9 Å². The minimum absolute atomic E-state index is 0.0280. The normalized spacial score (nSPS) is 10.1. The van der Waals surface area contributed by atoms with E-state index in [2.05, 4.69) is 5.32 Å². The molecule has 0 radical (unpaired) electrons. The molecule has 0 saturated heterocycles. The Morgan fingerprint density at radius 1 is 1.17 bits per heavy atom. The van der Waals surface area contributed by atoms with Crippen molar-refractivity contribution < 1.29 is 9.59 Å². The van der Waals surface area contributed by atoms with Gasteiger partial charge < -0.3 is 5.32 Å². The molecule has 0 aliphatic rings. The number of rotatable bonds is 4. The predicted molar refractivity (Wildman–Crippen MR) is 72.2 cm³/mol. The maximum Gasteiger partial charge on any atom is 0.261 e. The minimum atomic E-state index is -0.188. The van der Waals surface area contributed by atoms with E-state index in [-0.39, 0.29) is 18.2 Å². The smallest absolute Gasteiger partial charge is 0.261 e. The van der Waals surface area contributed by atoms with Crippen LogP contribution in [-0.4, -0.2) is 18.2 Å². The number of thiophene rings is 1. The van der Waals surface area contributed by atoms with Gasteiger partial charge in [-0.3, -0.25) is 9.59 Å². The van der Waals surface area contributed by atoms with Crippen molar-refractivity contribution in [3.05, 3.63) is 57.8 Å². The van der Waals surface area contributed by atoms with E-state index in [4.69, 9.17) is 0 Å². The average Bonchev–Trinajstić information content (AvgIpc) is 2.83. The monoisotopic (exact) mass is 259 g/mol. The number of nitrogens with one attached hydrogen (secondary N) is 1. The van der Waals surface area contributed by atoms with Crippen molar-refractivity contribution in [3.63, 3.8) is 0 Å². The predicted octanol–water partition coefficient (Wildman–Crippen LogP) is 2.67. The van der Waals surface area contributed by atoms with E-state index in [0.717, 1.165) is 5.56 Å². The van der Waals surface area contributed by atoms with Gasteiger partial charge in [0.15, 0.2) is 5.78 Å². The highest BCUT2D eigenvalue weighted by Gasteiger charge is 2.12. The second-order valence-electron chi connectivity index (χ2n) is 3.90. The molecular weight excluding hydrogens is 246 g/mol. The molecule has 0 aliphatic heterocycles. The highest BCUT2D eigenvalue weighted by atomic mass is 32.1. The van der Waals surface area contributed by atoms with Gasteiger partial charge in [0, 0.05) is 5.56 Å². The third-order valence-corrected chi connectivity index (χ3v) is 3.59. The van der Waals surface area contributed by atoms with Gasteiger partial charge in [0.1, 0.15) is 0 Å². The summed E-state index contributed by atoms with van der Waals surface area (Å²) >= 11 is 1.38. The van der Waals surface area contributed by atoms with Crippen molar-refractivity contribution in [1.82, 2.24) is 5.32 Å². The number of ketones is 1. The van der Waals surface area contributed by atoms with Crippen LogP contribution in [0.5, 0.6) is 0 Å². The lowest BCUT2D eigenvalue weighted by Gasteiger charge is -2.04. The Hall–Kier alpha value is -1.94. The van der Waals surface area contributed by atoms with Crippen LogP contribution in [-0.2, 0) is 0 Å². The van der Waals surface area contributed by atoms with Crippen molar-refractivity contribution >= 4 is 23.0 Å². The summed E-state index contributed by atoms with van der Waals surface area (Å²) in [6, 6.07) is 10.8. The fourth-order valence-electron chi connectivity index (χ4n) is 1.57. The summed E-state index contributed by atoms with van der Waals surface area (Å²) in [4.78, 5) is 24.3. The van der Waals surface area contributed by atoms with E-state index < -0.39 is 0 Å². The second-order valence-corrected chi connectivity index (χ2v) is 4.82. The zero-order valence-electron chi connectivity index (χ0n) is 9.97. The molecule has 2 rings (SSSR count). The molecule has 3 nitrogen and oxygen atoms in total. The number of amides is 1. The fourth-order valence-corrected chi connectivity index (χ4v) is 2.41. The summed E-state index contributed by atoms with van der Waals surface area (Å²) in [6.45, 7) is 1.91. The Kier molecular flexibility index (Phi) is 3.89. The summed E-state index contributed by atoms with van der Waals surface area (Å²) in [5, 5.41) is 4.51. The standard InChI is InChI=1S/C14H13NO2S/c1-10-7-8-18-13(10)14(17)15-9-12(16)11-5-3-2-4-6-11/h2-8H,9H2,1H3,(H,15,17). The molecule has 0 fully saturated rings. The van der Waals surface area contributed by atoms with Crippen molar-refractivity contribution in [1.29, 1.82) is 0 Å². The van der Waals surface area contributed by atoms with E-state index in [1.54, 1.807) is 24.3 Å². The van der Waals surface area contributed by atoms with Crippen LogP contribution in [0.3, 0.4) is 0 Å². The molecule has 92 valence electrons. The van der Waals surface area contributed by atoms with Crippen molar-refractivity contribution in [2.75, 3.05) is 6.54 Å². The van der Waals surface area contributed by atoms with Crippen LogP contribution in [0.25, 0.3) is 0 Å². The molecule has 1 heterocycles. The zero-order chi connectivity index (χ0) is 13.0. The number of hydrogen-bond acceptors (Lipinski definition) is 3. The van der Waals surface area contributed by atoms with Crippen molar-refractivity contribution in [2.45, 2.75) is 6.92 Å². The zero-order valence-corrected chi connectivity index (χ0v) is 10.8. The fraction of sp³-hybridized carbons (Fsp3) is 0.143. The molecule has 1 amide bonds. The van der Waals surface area contributed by atoms with E-state index in [9.17, 15) is 9.59 Å². The van der Waals surface area contributed by atoms with Gasteiger partial charge in [0.25, 0.3) is 5.91 Å². The third-order valence-electron chi connectivity index (χ3n) is 2.57. The molecule has 0 saturated carbocycles. The van der Waals surface area contributed by atoms with Crippen molar-refractivity contribution in [3.8, 4) is 0 Å². The molecule has 1 aromatic heterocycles. The largest absolute Gasteiger partial charge is 0.344 e. The molecule has 0 bridgehead atoms. The first-order chi connectivity index (χ1) is 8.68. The Morgan fingerprint density at radius 2 is 1.89 bits per heavy atom. The van der Waals surface area contributed by atoms with Gasteiger partial charge in [0.2, 0.25) is 0 Å². The Bertz CT molecular complexity index is 560. The van der Waals surface area contributed by atoms with Gasteiger partial charge in [-0.2, -0.15) is 0 Å². The van der Waals surface area contributed by atoms with E-state index in [1.807, 2.05) is 24.4 Å². The quantitative estimate of drug-likeness (QED) is 0.858. The average molecular weight is 259 g/mol. The molecule has 0 aliphatic carbocycles. The summed E-state index contributed by atoms with van der Waals surface area (Å²) in [5.41, 5.74) is 1.55. The van der Waals surface area contributed by atoms with Crippen LogP contribution >= 0.6 is 11.3 Å². The number of aryl methyl sites for hydroxylation is 1. The Morgan fingerprint density at radius 3 is 2.50 bits per heavy atom. The minimum Gasteiger partial charge on any atom is -0.344 e. The molecule has 0 atom stereocenters. The topological polar surface area (TPSA) is 46.2 Å². The van der Waals surface area contributed by atoms with Crippen LogP contribution in [0, 0.1) is 6.92 Å². The molecule has 0 unspecified atom stereocenters. The maximum absolute atomic E-state index is 11.8. The highest BCUT2D eigenvalue weighted by Crippen LogP contribution is 2.14. The van der Waals surface area contributed by atoms with Crippen LogP contribution < -0.4 is 5.32 Å². The lowest BCUT2D eigenvalue weighted by atomic mass is 10.1. The molecular formula is C14H13NO2S. The Balaban J connectivity index is 1.95. The highest BCUT2D eigenvalue weighted by molar-refractivity contribution is 7.12. The number of carbonyl (C=O) groups excluding carboxylic acids is 2. The van der Waals surface area contributed by atoms with E-state index >= 15 is 0 Å². The summed E-state index contributed by atoms with van der Waals surface area (Å²) in [5.74, 6) is -0.273. The number of Topliss-reactive ketones (excluding diaryl/α,β-unsaturated/α-hetero) is 1. The number of carbonyl (C=O) groups is 2. The molecule has 1 aromatic carbocycles. The summed E-state index contributed by atoms with van der Waals surface area (Å²) in [7, 11) is 0. The molecule has 0 spiro atoms. The van der Waals surface area contributed by atoms with Crippen LogP contribution in [0.2, 0.25) is 0 Å². The first kappa shape index (κ1) is 12.5. The second kappa shape index (κ2) is 5.60. The lowest BCUT2D eigenvalue weighted by Crippen LogP contribution is -2.29. The Labute approximate surface area is 109 Å². The van der Waals surface area contributed by atoms with Crippen LogP contribution in [0.15, 0.2) is 41.8 Å². The lowest BCUT2D eigenvalue weighted by molar-refractivity contribution is 0.0906. The molecule has 4 heteroatoms. The van der Waals surface area contributed by atoms with Gasteiger partial charge in [-0.25, -0.2) is 0 Å². The molecule has 2 aromatic rings. The van der Waals surface area contributed by atoms with Gasteiger partial charge in [-0.15, -0.1) is 11.3 Å². The first-order valence-electron chi connectivity index (χ1n) is 5.59. The SMILES string of the molecule is Cc1ccsc1C(=O)NCC(=O)c1ccccc1. The molecule has 18 heavy (non-hydrogen) atoms. The number of benzene rings is 1. The van der Waals surface area contributed by atoms with Gasteiger partial charge in [0.05, 0.1) is 11.4 Å². The van der Waals surface area contributed by atoms with Gasteiger partial charge in [-0.1, -0.05) is 30.3 Å². The third kappa shape index (κ3) is 2.84. The molecule has 1 N–H and O–H groups in total. The summed E-state index contributed by atoms with van der Waals surface area (Å²) < 4.78 is 0. The van der Waals surface area contributed by atoms with Crippen molar-refractivity contribution in [2.24, 2.45) is 0 Å². The van der Waals surface area contributed by atoms with Gasteiger partial charge >= 0.3 is 0 Å². The van der Waals surface area contributed by atoms with Crippen LogP contribution in [0.4, 0.5) is 0 Å². The summed E-state index contributed by atoms with van der Waals surface area (Å²) in [6.07, 6.45) is 0. The van der Waals surface area contributed by atoms with Crippen LogP contribution in [0.1, 0.15) is 25.6 Å². The maximum atomic E-state index is 11.8. The van der Waals surface area contributed by atoms with E-state index in [1.165, 1.54) is 11.3 Å².